The molecule has 0 bridgehead atoms. The number of carbonyl (C=O) groups is 1. The third-order valence-electron chi connectivity index (χ3n) is 3.85. The summed E-state index contributed by atoms with van der Waals surface area (Å²) in [6.07, 6.45) is 0. The van der Waals surface area contributed by atoms with Crippen molar-refractivity contribution in [3.05, 3.63) is 59.7 Å². The number of rotatable bonds is 2. The summed E-state index contributed by atoms with van der Waals surface area (Å²) in [5.74, 6) is 2.55. The number of nitrogens with zero attached hydrogens (tertiary/aromatic N) is 1. The highest BCUT2D eigenvalue weighted by Crippen LogP contribution is 2.42. The second kappa shape index (κ2) is 5.57. The molecule has 5 heteroatoms. The lowest BCUT2D eigenvalue weighted by Gasteiger charge is -2.24. The topological polar surface area (TPSA) is 38.8 Å². The van der Waals surface area contributed by atoms with E-state index in [1.165, 1.54) is 0 Å². The maximum Gasteiger partial charge on any atom is 0.255 e. The van der Waals surface area contributed by atoms with Gasteiger partial charge in [-0.2, -0.15) is 0 Å². The van der Waals surface area contributed by atoms with E-state index in [1.807, 2.05) is 53.4 Å². The van der Waals surface area contributed by atoms with Crippen molar-refractivity contribution in [2.75, 3.05) is 19.1 Å². The summed E-state index contributed by atoms with van der Waals surface area (Å²) in [4.78, 5) is 14.6. The lowest BCUT2D eigenvalue weighted by molar-refractivity contribution is 0.0760. The Hall–Kier alpha value is -2.14. The Bertz CT molecular complexity index is 704. The summed E-state index contributed by atoms with van der Waals surface area (Å²) in [5, 5.41) is 0.0298. The molecule has 2 aliphatic heterocycles. The molecule has 1 amide bonds. The van der Waals surface area contributed by atoms with Gasteiger partial charge in [0.25, 0.3) is 5.91 Å². The Morgan fingerprint density at radius 1 is 1.09 bits per heavy atom. The Morgan fingerprint density at radius 3 is 2.77 bits per heavy atom. The largest absolute Gasteiger partial charge is 0.454 e. The molecule has 1 saturated heterocycles. The zero-order valence-corrected chi connectivity index (χ0v) is 12.7. The van der Waals surface area contributed by atoms with Gasteiger partial charge in [0.2, 0.25) is 6.79 Å². The zero-order valence-electron chi connectivity index (χ0n) is 11.9. The molecule has 4 rings (SSSR count). The molecule has 2 aliphatic rings. The number of hydrogen-bond acceptors (Lipinski definition) is 4. The first-order valence-corrected chi connectivity index (χ1v) is 8.25. The minimum Gasteiger partial charge on any atom is -0.454 e. The number of benzene rings is 2. The molecule has 0 aliphatic carbocycles. The number of amides is 1. The number of fused-ring (bicyclic) bond motifs is 1. The van der Waals surface area contributed by atoms with Crippen LogP contribution in [0.1, 0.15) is 21.3 Å². The molecule has 0 radical (unpaired) electrons. The summed E-state index contributed by atoms with van der Waals surface area (Å²) in [6.45, 7) is 1.03. The molecule has 1 fully saturated rings. The lowest BCUT2D eigenvalue weighted by atomic mass is 10.1. The van der Waals surface area contributed by atoms with Crippen LogP contribution in [-0.4, -0.2) is 29.9 Å². The molecule has 1 unspecified atom stereocenters. The van der Waals surface area contributed by atoms with Gasteiger partial charge in [-0.25, -0.2) is 0 Å². The van der Waals surface area contributed by atoms with E-state index in [0.29, 0.717) is 0 Å². The fraction of sp³-hybridized carbons (Fsp3) is 0.235. The van der Waals surface area contributed by atoms with Gasteiger partial charge in [-0.1, -0.05) is 24.3 Å². The predicted molar refractivity (Wildman–Crippen MR) is 85.2 cm³/mol. The van der Waals surface area contributed by atoms with Crippen LogP contribution < -0.4 is 9.47 Å². The molecule has 2 aromatic rings. The van der Waals surface area contributed by atoms with Gasteiger partial charge < -0.3 is 14.4 Å². The van der Waals surface area contributed by atoms with Crippen LogP contribution in [0.3, 0.4) is 0 Å². The van der Waals surface area contributed by atoms with Gasteiger partial charge in [0.1, 0.15) is 5.37 Å². The number of ether oxygens (including phenoxy) is 2. The second-order valence-electron chi connectivity index (χ2n) is 5.20. The fourth-order valence-corrected chi connectivity index (χ4v) is 4.01. The minimum absolute atomic E-state index is 0.0298. The van der Waals surface area contributed by atoms with Crippen LogP contribution in [0, 0.1) is 0 Å². The Morgan fingerprint density at radius 2 is 1.91 bits per heavy atom. The lowest BCUT2D eigenvalue weighted by Crippen LogP contribution is -2.30. The van der Waals surface area contributed by atoms with Gasteiger partial charge in [0, 0.05) is 17.9 Å². The maximum atomic E-state index is 12.7. The molecule has 0 N–H and O–H groups in total. The van der Waals surface area contributed by atoms with Gasteiger partial charge in [-0.3, -0.25) is 4.79 Å². The standard InChI is InChI=1S/C17H15NO3S/c19-16(12-4-2-1-3-5-12)18-8-9-22-17(18)13-6-7-14-15(10-13)21-11-20-14/h1-7,10,17H,8-9,11H2. The van der Waals surface area contributed by atoms with E-state index in [2.05, 4.69) is 0 Å². The van der Waals surface area contributed by atoms with Crippen molar-refractivity contribution in [1.82, 2.24) is 4.90 Å². The van der Waals surface area contributed by atoms with Crippen molar-refractivity contribution in [2.45, 2.75) is 5.37 Å². The molecule has 2 heterocycles. The Kier molecular flexibility index (Phi) is 3.42. The van der Waals surface area contributed by atoms with Gasteiger partial charge >= 0.3 is 0 Å². The molecule has 0 spiro atoms. The smallest absolute Gasteiger partial charge is 0.255 e. The van der Waals surface area contributed by atoms with E-state index in [0.717, 1.165) is 34.9 Å². The minimum atomic E-state index is 0.0298. The first-order chi connectivity index (χ1) is 10.8. The molecule has 4 nitrogen and oxygen atoms in total. The maximum absolute atomic E-state index is 12.7. The van der Waals surface area contributed by atoms with Crippen LogP contribution in [0.2, 0.25) is 0 Å². The van der Waals surface area contributed by atoms with Gasteiger partial charge in [0.05, 0.1) is 0 Å². The van der Waals surface area contributed by atoms with E-state index >= 15 is 0 Å². The average Bonchev–Trinajstić information content (AvgIpc) is 3.23. The van der Waals surface area contributed by atoms with Crippen LogP contribution in [0.25, 0.3) is 0 Å². The van der Waals surface area contributed by atoms with Crippen molar-refractivity contribution in [3.63, 3.8) is 0 Å². The molecular formula is C17H15NO3S. The van der Waals surface area contributed by atoms with Crippen molar-refractivity contribution >= 4 is 17.7 Å². The monoisotopic (exact) mass is 313 g/mol. The third kappa shape index (κ3) is 2.31. The van der Waals surface area contributed by atoms with Crippen LogP contribution >= 0.6 is 11.8 Å². The van der Waals surface area contributed by atoms with E-state index in [1.54, 1.807) is 11.8 Å². The zero-order chi connectivity index (χ0) is 14.9. The molecule has 22 heavy (non-hydrogen) atoms. The van der Waals surface area contributed by atoms with Crippen LogP contribution in [-0.2, 0) is 0 Å². The second-order valence-corrected chi connectivity index (χ2v) is 6.39. The highest BCUT2D eigenvalue weighted by atomic mass is 32.2. The Balaban J connectivity index is 1.62. The van der Waals surface area contributed by atoms with E-state index in [4.69, 9.17) is 9.47 Å². The summed E-state index contributed by atoms with van der Waals surface area (Å²) in [6, 6.07) is 15.4. The third-order valence-corrected chi connectivity index (χ3v) is 5.12. The van der Waals surface area contributed by atoms with E-state index in [9.17, 15) is 4.79 Å². The van der Waals surface area contributed by atoms with Crippen LogP contribution in [0.15, 0.2) is 48.5 Å². The molecule has 0 saturated carbocycles. The van der Waals surface area contributed by atoms with Crippen LogP contribution in [0.4, 0.5) is 0 Å². The number of carbonyl (C=O) groups excluding carboxylic acids is 1. The van der Waals surface area contributed by atoms with Crippen molar-refractivity contribution in [1.29, 1.82) is 0 Å². The molecule has 0 aromatic heterocycles. The van der Waals surface area contributed by atoms with Gasteiger partial charge in [0.15, 0.2) is 11.5 Å². The van der Waals surface area contributed by atoms with Crippen molar-refractivity contribution in [3.8, 4) is 11.5 Å². The first-order valence-electron chi connectivity index (χ1n) is 7.20. The van der Waals surface area contributed by atoms with Crippen LogP contribution in [0.5, 0.6) is 11.5 Å². The summed E-state index contributed by atoms with van der Waals surface area (Å²) < 4.78 is 10.8. The average molecular weight is 313 g/mol. The summed E-state index contributed by atoms with van der Waals surface area (Å²) in [5.41, 5.74) is 1.81. The molecule has 2 aromatic carbocycles. The van der Waals surface area contributed by atoms with Gasteiger partial charge in [-0.15, -0.1) is 11.8 Å². The Labute approximate surface area is 133 Å². The normalized spacial score (nSPS) is 19.5. The summed E-state index contributed by atoms with van der Waals surface area (Å²) in [7, 11) is 0. The quantitative estimate of drug-likeness (QED) is 0.853. The summed E-state index contributed by atoms with van der Waals surface area (Å²) >= 11 is 1.78. The number of thioether (sulfide) groups is 1. The molecule has 112 valence electrons. The van der Waals surface area contributed by atoms with Crippen molar-refractivity contribution < 1.29 is 14.3 Å². The first kappa shape index (κ1) is 13.5. The molecular weight excluding hydrogens is 298 g/mol. The van der Waals surface area contributed by atoms with Crippen molar-refractivity contribution in [2.24, 2.45) is 0 Å². The highest BCUT2D eigenvalue weighted by molar-refractivity contribution is 7.99. The van der Waals surface area contributed by atoms with E-state index in [-0.39, 0.29) is 18.1 Å². The van der Waals surface area contributed by atoms with E-state index < -0.39 is 0 Å². The highest BCUT2D eigenvalue weighted by Gasteiger charge is 2.32. The number of hydrogen-bond donors (Lipinski definition) is 0. The van der Waals surface area contributed by atoms with Gasteiger partial charge in [-0.05, 0) is 29.8 Å². The predicted octanol–water partition coefficient (Wildman–Crippen LogP) is 3.30. The fourth-order valence-electron chi connectivity index (χ4n) is 2.77. The SMILES string of the molecule is O=C(c1ccccc1)N1CCSC1c1ccc2c(c1)OCO2. The molecule has 1 atom stereocenters.